The summed E-state index contributed by atoms with van der Waals surface area (Å²) in [5, 5.41) is 18.7. The lowest BCUT2D eigenvalue weighted by Crippen LogP contribution is -2.18. The van der Waals surface area contributed by atoms with Crippen molar-refractivity contribution >= 4 is 17.6 Å². The summed E-state index contributed by atoms with van der Waals surface area (Å²) in [5.41, 5.74) is 0.385. The zero-order valence-corrected chi connectivity index (χ0v) is 8.82. The summed E-state index contributed by atoms with van der Waals surface area (Å²) in [5.74, 6) is -3.05. The molecule has 0 fully saturated rings. The van der Waals surface area contributed by atoms with E-state index in [9.17, 15) is 19.7 Å². The van der Waals surface area contributed by atoms with Crippen molar-refractivity contribution < 1.29 is 24.4 Å². The summed E-state index contributed by atoms with van der Waals surface area (Å²) in [7, 11) is 0. The fourth-order valence-corrected chi connectivity index (χ4v) is 1.15. The molecule has 0 bridgehead atoms. The number of rotatable bonds is 3. The van der Waals surface area contributed by atoms with Gasteiger partial charge in [0, 0.05) is 12.1 Å². The van der Waals surface area contributed by atoms with Crippen LogP contribution in [0.4, 0.5) is 5.69 Å². The third kappa shape index (κ3) is 3.26. The molecule has 0 aliphatic rings. The number of nitro benzene ring substituents is 1. The first-order chi connectivity index (χ1) is 7.91. The molecule has 0 heterocycles. The SMILES string of the molecule is CC(OC(=O)C(=O)O)c1ccc([N+](=O)[O-])cc1. The molecule has 1 aromatic rings. The van der Waals surface area contributed by atoms with Gasteiger partial charge in [0.1, 0.15) is 6.10 Å². The normalized spacial score (nSPS) is 11.6. The van der Waals surface area contributed by atoms with Gasteiger partial charge in [-0.15, -0.1) is 0 Å². The van der Waals surface area contributed by atoms with Crippen LogP contribution in [0.25, 0.3) is 0 Å². The molecule has 1 aromatic carbocycles. The molecular formula is C10H9NO6. The van der Waals surface area contributed by atoms with Crippen molar-refractivity contribution in [2.24, 2.45) is 0 Å². The minimum absolute atomic E-state index is 0.0921. The summed E-state index contributed by atoms with van der Waals surface area (Å²) < 4.78 is 4.59. The zero-order chi connectivity index (χ0) is 13.0. The number of nitrogens with zero attached hydrogens (tertiary/aromatic N) is 1. The van der Waals surface area contributed by atoms with Gasteiger partial charge in [-0.3, -0.25) is 10.1 Å². The summed E-state index contributed by atoms with van der Waals surface area (Å²) in [6.45, 7) is 1.47. The maximum atomic E-state index is 10.8. The van der Waals surface area contributed by atoms with Crippen molar-refractivity contribution in [2.45, 2.75) is 13.0 Å². The van der Waals surface area contributed by atoms with Crippen molar-refractivity contribution in [3.05, 3.63) is 39.9 Å². The lowest BCUT2D eigenvalue weighted by Gasteiger charge is -2.11. The van der Waals surface area contributed by atoms with Crippen molar-refractivity contribution in [1.82, 2.24) is 0 Å². The van der Waals surface area contributed by atoms with E-state index < -0.39 is 23.0 Å². The number of hydrogen-bond donors (Lipinski definition) is 1. The molecule has 1 unspecified atom stereocenters. The molecule has 17 heavy (non-hydrogen) atoms. The molecule has 7 nitrogen and oxygen atoms in total. The topological polar surface area (TPSA) is 107 Å². The summed E-state index contributed by atoms with van der Waals surface area (Å²) in [4.78, 5) is 30.9. The van der Waals surface area contributed by atoms with E-state index in [0.29, 0.717) is 5.56 Å². The highest BCUT2D eigenvalue weighted by Gasteiger charge is 2.18. The van der Waals surface area contributed by atoms with Gasteiger partial charge in [-0.1, -0.05) is 0 Å². The molecule has 0 aliphatic heterocycles. The number of carboxylic acid groups (broad SMARTS) is 1. The van der Waals surface area contributed by atoms with E-state index in [1.165, 1.54) is 31.2 Å². The molecule has 7 heteroatoms. The maximum Gasteiger partial charge on any atom is 0.417 e. The summed E-state index contributed by atoms with van der Waals surface area (Å²) in [6, 6.07) is 5.30. The van der Waals surface area contributed by atoms with Gasteiger partial charge < -0.3 is 9.84 Å². The fourth-order valence-electron chi connectivity index (χ4n) is 1.15. The molecule has 0 radical (unpaired) electrons. The number of benzene rings is 1. The predicted octanol–water partition coefficient (Wildman–Crippen LogP) is 1.28. The molecular weight excluding hydrogens is 230 g/mol. The number of nitro groups is 1. The van der Waals surface area contributed by atoms with Gasteiger partial charge >= 0.3 is 11.9 Å². The van der Waals surface area contributed by atoms with Crippen molar-refractivity contribution in [1.29, 1.82) is 0 Å². The van der Waals surface area contributed by atoms with E-state index in [2.05, 4.69) is 4.74 Å². The van der Waals surface area contributed by atoms with Crippen molar-refractivity contribution in [2.75, 3.05) is 0 Å². The van der Waals surface area contributed by atoms with E-state index in [1.807, 2.05) is 0 Å². The van der Waals surface area contributed by atoms with Crippen LogP contribution in [0.5, 0.6) is 0 Å². The molecule has 1 rings (SSSR count). The minimum Gasteiger partial charge on any atom is -0.473 e. The zero-order valence-electron chi connectivity index (χ0n) is 8.82. The Labute approximate surface area is 95.8 Å². The van der Waals surface area contributed by atoms with Gasteiger partial charge in [0.05, 0.1) is 4.92 Å². The second kappa shape index (κ2) is 5.06. The molecule has 1 N–H and O–H groups in total. The van der Waals surface area contributed by atoms with E-state index in [0.717, 1.165) is 0 Å². The number of ether oxygens (including phenoxy) is 1. The minimum atomic E-state index is -1.68. The molecule has 0 spiro atoms. The number of non-ortho nitro benzene ring substituents is 1. The quantitative estimate of drug-likeness (QED) is 0.368. The van der Waals surface area contributed by atoms with E-state index in [4.69, 9.17) is 5.11 Å². The predicted molar refractivity (Wildman–Crippen MR) is 55.2 cm³/mol. The van der Waals surface area contributed by atoms with Gasteiger partial charge in [-0.05, 0) is 24.6 Å². The van der Waals surface area contributed by atoms with Gasteiger partial charge in [-0.25, -0.2) is 9.59 Å². The van der Waals surface area contributed by atoms with Crippen molar-refractivity contribution in [3.8, 4) is 0 Å². The Kier molecular flexibility index (Phi) is 3.76. The third-order valence-electron chi connectivity index (χ3n) is 2.03. The van der Waals surface area contributed by atoms with Gasteiger partial charge in [0.25, 0.3) is 5.69 Å². The average molecular weight is 239 g/mol. The first kappa shape index (κ1) is 12.6. The second-order valence-corrected chi connectivity index (χ2v) is 3.20. The van der Waals surface area contributed by atoms with Crippen LogP contribution >= 0.6 is 0 Å². The first-order valence-electron chi connectivity index (χ1n) is 4.60. The van der Waals surface area contributed by atoms with Crippen LogP contribution in [0.15, 0.2) is 24.3 Å². The highest BCUT2D eigenvalue weighted by Crippen LogP contribution is 2.20. The van der Waals surface area contributed by atoms with E-state index in [-0.39, 0.29) is 5.69 Å². The number of carbonyl (C=O) groups is 2. The fraction of sp³-hybridized carbons (Fsp3) is 0.200. The monoisotopic (exact) mass is 239 g/mol. The Bertz CT molecular complexity index is 452. The lowest BCUT2D eigenvalue weighted by molar-refractivity contribution is -0.384. The number of aliphatic carboxylic acids is 1. The summed E-state index contributed by atoms with van der Waals surface area (Å²) >= 11 is 0. The average Bonchev–Trinajstić information content (AvgIpc) is 2.28. The second-order valence-electron chi connectivity index (χ2n) is 3.20. The Morgan fingerprint density at radius 1 is 1.35 bits per heavy atom. The van der Waals surface area contributed by atoms with Gasteiger partial charge in [0.15, 0.2) is 0 Å². The molecule has 0 saturated carbocycles. The number of hydrogen-bond acceptors (Lipinski definition) is 5. The molecule has 0 aromatic heterocycles. The van der Waals surface area contributed by atoms with Gasteiger partial charge in [-0.2, -0.15) is 0 Å². The molecule has 0 amide bonds. The smallest absolute Gasteiger partial charge is 0.417 e. The maximum absolute atomic E-state index is 10.8. The molecule has 90 valence electrons. The van der Waals surface area contributed by atoms with Crippen LogP contribution in [0.3, 0.4) is 0 Å². The van der Waals surface area contributed by atoms with Crippen LogP contribution in [0.2, 0.25) is 0 Å². The van der Waals surface area contributed by atoms with Gasteiger partial charge in [0.2, 0.25) is 0 Å². The number of carboxylic acids is 1. The standard InChI is InChI=1S/C10H9NO6/c1-6(17-10(14)9(12)13)7-2-4-8(5-3-7)11(15)16/h2-6H,1H3,(H,12,13). The highest BCUT2D eigenvalue weighted by atomic mass is 16.6. The summed E-state index contributed by atoms with van der Waals surface area (Å²) in [6.07, 6.45) is -0.778. The van der Waals surface area contributed by atoms with Crippen LogP contribution in [-0.2, 0) is 14.3 Å². The van der Waals surface area contributed by atoms with E-state index in [1.54, 1.807) is 0 Å². The van der Waals surface area contributed by atoms with Crippen LogP contribution in [0, 0.1) is 10.1 Å². The molecule has 1 atom stereocenters. The van der Waals surface area contributed by atoms with Crippen molar-refractivity contribution in [3.63, 3.8) is 0 Å². The first-order valence-corrected chi connectivity index (χ1v) is 4.60. The molecule has 0 saturated heterocycles. The Hall–Kier alpha value is -2.44. The largest absolute Gasteiger partial charge is 0.473 e. The number of carbonyl (C=O) groups excluding carboxylic acids is 1. The van der Waals surface area contributed by atoms with Crippen LogP contribution < -0.4 is 0 Å². The van der Waals surface area contributed by atoms with Crippen LogP contribution in [-0.4, -0.2) is 22.0 Å². The lowest BCUT2D eigenvalue weighted by atomic mass is 10.1. The van der Waals surface area contributed by atoms with Crippen LogP contribution in [0.1, 0.15) is 18.6 Å². The molecule has 0 aliphatic carbocycles. The Morgan fingerprint density at radius 2 is 1.88 bits per heavy atom. The third-order valence-corrected chi connectivity index (χ3v) is 2.03. The number of esters is 1. The van der Waals surface area contributed by atoms with E-state index >= 15 is 0 Å². The Morgan fingerprint density at radius 3 is 2.29 bits per heavy atom. The highest BCUT2D eigenvalue weighted by molar-refractivity contribution is 6.28. The Balaban J connectivity index is 2.76.